The van der Waals surface area contributed by atoms with Crippen LogP contribution in [0.25, 0.3) is 0 Å². The first-order chi connectivity index (χ1) is 11.1. The van der Waals surface area contributed by atoms with Crippen LogP contribution in [0.3, 0.4) is 0 Å². The summed E-state index contributed by atoms with van der Waals surface area (Å²) < 4.78 is 20.4. The predicted molar refractivity (Wildman–Crippen MR) is 96.4 cm³/mol. The van der Waals surface area contributed by atoms with E-state index in [1.165, 1.54) is 6.07 Å². The van der Waals surface area contributed by atoms with E-state index in [2.05, 4.69) is 31.9 Å². The van der Waals surface area contributed by atoms with E-state index >= 15 is 0 Å². The second-order valence-electron chi connectivity index (χ2n) is 6.17. The van der Waals surface area contributed by atoms with Crippen molar-refractivity contribution >= 4 is 44.2 Å². The summed E-state index contributed by atoms with van der Waals surface area (Å²) in [5.74, 6) is 0.380. The standard InChI is InChI=1S/C16H20Br2O6/c1-15(2,9-17)23-13(19)21-11-6-5-7-12(8-11)22-14(20)24-16(3,4)10-18/h5-8H,9-10H2,1-4H3. The second-order valence-corrected chi connectivity index (χ2v) is 7.29. The normalized spacial score (nSPS) is 11.6. The molecule has 0 bridgehead atoms. The highest BCUT2D eigenvalue weighted by Crippen LogP contribution is 2.22. The van der Waals surface area contributed by atoms with Gasteiger partial charge in [-0.1, -0.05) is 37.9 Å². The molecular weight excluding hydrogens is 448 g/mol. The molecule has 1 rings (SSSR count). The lowest BCUT2D eigenvalue weighted by atomic mass is 10.2. The number of ether oxygens (including phenoxy) is 4. The van der Waals surface area contributed by atoms with Crippen LogP contribution in [0.5, 0.6) is 11.5 Å². The average Bonchev–Trinajstić information content (AvgIpc) is 2.46. The molecule has 0 heterocycles. The van der Waals surface area contributed by atoms with Crippen molar-refractivity contribution in [1.29, 1.82) is 0 Å². The highest BCUT2D eigenvalue weighted by atomic mass is 79.9. The van der Waals surface area contributed by atoms with Crippen molar-refractivity contribution in [2.45, 2.75) is 38.9 Å². The summed E-state index contributed by atoms with van der Waals surface area (Å²) in [6, 6.07) is 6.06. The monoisotopic (exact) mass is 466 g/mol. The van der Waals surface area contributed by atoms with Gasteiger partial charge in [0.15, 0.2) is 0 Å². The van der Waals surface area contributed by atoms with Gasteiger partial charge < -0.3 is 18.9 Å². The molecule has 6 nitrogen and oxygen atoms in total. The van der Waals surface area contributed by atoms with Crippen LogP contribution < -0.4 is 9.47 Å². The minimum absolute atomic E-state index is 0.190. The van der Waals surface area contributed by atoms with Crippen molar-refractivity contribution in [3.8, 4) is 11.5 Å². The van der Waals surface area contributed by atoms with E-state index in [1.54, 1.807) is 45.9 Å². The SMILES string of the molecule is CC(C)(CBr)OC(=O)Oc1cccc(OC(=O)OC(C)(C)CBr)c1. The molecule has 0 saturated carbocycles. The molecule has 0 amide bonds. The van der Waals surface area contributed by atoms with Crippen LogP contribution in [0.4, 0.5) is 9.59 Å². The van der Waals surface area contributed by atoms with Gasteiger partial charge in [-0.25, -0.2) is 9.59 Å². The number of hydrogen-bond acceptors (Lipinski definition) is 6. The molecule has 0 radical (unpaired) electrons. The maximum atomic E-state index is 11.7. The maximum absolute atomic E-state index is 11.7. The van der Waals surface area contributed by atoms with Crippen molar-refractivity contribution in [3.63, 3.8) is 0 Å². The fraction of sp³-hybridized carbons (Fsp3) is 0.500. The van der Waals surface area contributed by atoms with Crippen molar-refractivity contribution in [2.75, 3.05) is 10.7 Å². The number of carbonyl (C=O) groups is 2. The molecule has 1 aromatic rings. The van der Waals surface area contributed by atoms with Crippen LogP contribution in [0.1, 0.15) is 27.7 Å². The Balaban J connectivity index is 2.67. The van der Waals surface area contributed by atoms with Crippen molar-refractivity contribution in [3.05, 3.63) is 24.3 Å². The molecule has 1 aromatic carbocycles. The lowest BCUT2D eigenvalue weighted by Crippen LogP contribution is -2.31. The number of carbonyl (C=O) groups excluding carboxylic acids is 2. The highest BCUT2D eigenvalue weighted by Gasteiger charge is 2.24. The first-order valence-electron chi connectivity index (χ1n) is 7.10. The summed E-state index contributed by atoms with van der Waals surface area (Å²) in [6.07, 6.45) is -1.70. The summed E-state index contributed by atoms with van der Waals surface area (Å²) in [5, 5.41) is 0.931. The zero-order valence-electron chi connectivity index (χ0n) is 13.9. The molecule has 0 aliphatic heterocycles. The molecule has 0 aliphatic carbocycles. The summed E-state index contributed by atoms with van der Waals surface area (Å²) in [6.45, 7) is 6.96. The third kappa shape index (κ3) is 7.53. The predicted octanol–water partition coefficient (Wildman–Crippen LogP) is 5.06. The third-order valence-electron chi connectivity index (χ3n) is 2.57. The van der Waals surface area contributed by atoms with Crippen molar-refractivity contribution in [1.82, 2.24) is 0 Å². The Bertz CT molecular complexity index is 538. The smallest absolute Gasteiger partial charge is 0.427 e. The van der Waals surface area contributed by atoms with Crippen LogP contribution in [-0.4, -0.2) is 34.2 Å². The van der Waals surface area contributed by atoms with Crippen LogP contribution in [0, 0.1) is 0 Å². The van der Waals surface area contributed by atoms with Gasteiger partial charge in [-0.3, -0.25) is 0 Å². The minimum atomic E-state index is -0.848. The second kappa shape index (κ2) is 8.71. The van der Waals surface area contributed by atoms with E-state index in [9.17, 15) is 9.59 Å². The fourth-order valence-electron chi connectivity index (χ4n) is 1.34. The number of hydrogen-bond donors (Lipinski definition) is 0. The minimum Gasteiger partial charge on any atom is -0.427 e. The fourth-order valence-corrected chi connectivity index (χ4v) is 1.57. The Morgan fingerprint density at radius 1 is 0.875 bits per heavy atom. The third-order valence-corrected chi connectivity index (χ3v) is 5.27. The average molecular weight is 468 g/mol. The molecule has 0 spiro atoms. The summed E-state index contributed by atoms with van der Waals surface area (Å²) >= 11 is 6.49. The van der Waals surface area contributed by atoms with Gasteiger partial charge in [0.2, 0.25) is 0 Å². The van der Waals surface area contributed by atoms with E-state index in [0.717, 1.165) is 0 Å². The number of alkyl halides is 2. The van der Waals surface area contributed by atoms with E-state index in [0.29, 0.717) is 10.7 Å². The molecule has 8 heteroatoms. The Morgan fingerprint density at radius 3 is 1.58 bits per heavy atom. The van der Waals surface area contributed by atoms with Crippen molar-refractivity contribution < 1.29 is 28.5 Å². The molecule has 0 fully saturated rings. The van der Waals surface area contributed by atoms with Gasteiger partial charge in [0, 0.05) is 16.7 Å². The first-order valence-corrected chi connectivity index (χ1v) is 9.35. The van der Waals surface area contributed by atoms with Gasteiger partial charge in [0.1, 0.15) is 22.7 Å². The molecule has 134 valence electrons. The zero-order valence-corrected chi connectivity index (χ0v) is 17.1. The Labute approximate surface area is 158 Å². The van der Waals surface area contributed by atoms with Crippen LogP contribution in [-0.2, 0) is 9.47 Å². The number of rotatable bonds is 6. The van der Waals surface area contributed by atoms with E-state index in [4.69, 9.17) is 18.9 Å². The van der Waals surface area contributed by atoms with Gasteiger partial charge >= 0.3 is 12.3 Å². The molecule has 0 aliphatic rings. The molecule has 0 aromatic heterocycles. The maximum Gasteiger partial charge on any atom is 0.514 e. The summed E-state index contributed by atoms with van der Waals surface area (Å²) in [5.41, 5.74) is -1.40. The van der Waals surface area contributed by atoms with Crippen LogP contribution in [0.2, 0.25) is 0 Å². The first kappa shape index (κ1) is 20.8. The van der Waals surface area contributed by atoms with Gasteiger partial charge in [0.05, 0.1) is 0 Å². The lowest BCUT2D eigenvalue weighted by molar-refractivity contribution is 0.0238. The van der Waals surface area contributed by atoms with Crippen molar-refractivity contribution in [2.24, 2.45) is 0 Å². The van der Waals surface area contributed by atoms with E-state index in [-0.39, 0.29) is 11.5 Å². The van der Waals surface area contributed by atoms with Gasteiger partial charge in [-0.15, -0.1) is 0 Å². The molecule has 0 saturated heterocycles. The molecular formula is C16H20Br2O6. The number of halogens is 2. The van der Waals surface area contributed by atoms with Crippen LogP contribution >= 0.6 is 31.9 Å². The van der Waals surface area contributed by atoms with Gasteiger partial charge in [-0.2, -0.15) is 0 Å². The van der Waals surface area contributed by atoms with Gasteiger partial charge in [0.25, 0.3) is 0 Å². The zero-order chi connectivity index (χ0) is 18.4. The molecule has 0 N–H and O–H groups in total. The Hall–Kier alpha value is -1.28. The largest absolute Gasteiger partial charge is 0.514 e. The van der Waals surface area contributed by atoms with E-state index < -0.39 is 23.5 Å². The molecule has 0 atom stereocenters. The van der Waals surface area contributed by atoms with Gasteiger partial charge in [-0.05, 0) is 39.8 Å². The van der Waals surface area contributed by atoms with E-state index in [1.807, 2.05) is 0 Å². The summed E-state index contributed by atoms with van der Waals surface area (Å²) in [4.78, 5) is 23.5. The lowest BCUT2D eigenvalue weighted by Gasteiger charge is -2.22. The Kier molecular flexibility index (Phi) is 7.54. The number of benzene rings is 1. The molecule has 24 heavy (non-hydrogen) atoms. The summed E-state index contributed by atoms with van der Waals surface area (Å²) in [7, 11) is 0. The topological polar surface area (TPSA) is 71.1 Å². The highest BCUT2D eigenvalue weighted by molar-refractivity contribution is 9.09. The molecule has 0 unspecified atom stereocenters. The quantitative estimate of drug-likeness (QED) is 0.330. The van der Waals surface area contributed by atoms with Crippen LogP contribution in [0.15, 0.2) is 24.3 Å². The Morgan fingerprint density at radius 2 is 1.25 bits per heavy atom.